The summed E-state index contributed by atoms with van der Waals surface area (Å²) >= 11 is 0. The van der Waals surface area contributed by atoms with Gasteiger partial charge in [-0.1, -0.05) is 24.3 Å². The molecule has 1 atom stereocenters. The Balaban J connectivity index is 1.40. The molecular weight excluding hydrogens is 386 g/mol. The maximum atomic E-state index is 14.1. The predicted octanol–water partition coefficient (Wildman–Crippen LogP) is 3.22. The lowest BCUT2D eigenvalue weighted by Crippen LogP contribution is -2.52. The Morgan fingerprint density at radius 2 is 1.90 bits per heavy atom. The zero-order valence-electron chi connectivity index (χ0n) is 16.8. The molecule has 0 amide bonds. The Kier molecular flexibility index (Phi) is 6.52. The van der Waals surface area contributed by atoms with Crippen molar-refractivity contribution in [1.82, 2.24) is 19.6 Å². The summed E-state index contributed by atoms with van der Waals surface area (Å²) in [5.74, 6) is -0.477. The van der Waals surface area contributed by atoms with E-state index in [4.69, 9.17) is 0 Å². The molecule has 1 aromatic heterocycles. The summed E-state index contributed by atoms with van der Waals surface area (Å²) in [6, 6.07) is 13.4. The van der Waals surface area contributed by atoms with Gasteiger partial charge < -0.3 is 5.11 Å². The number of halogens is 2. The molecule has 0 radical (unpaired) electrons. The second kappa shape index (κ2) is 9.47. The van der Waals surface area contributed by atoms with Gasteiger partial charge in [0.05, 0.1) is 11.9 Å². The van der Waals surface area contributed by atoms with Gasteiger partial charge in [0.2, 0.25) is 0 Å². The number of aliphatic hydroxyl groups excluding tert-OH is 1. The van der Waals surface area contributed by atoms with Gasteiger partial charge in [-0.15, -0.1) is 0 Å². The molecule has 0 spiro atoms. The van der Waals surface area contributed by atoms with Gasteiger partial charge in [0.1, 0.15) is 11.6 Å². The largest absolute Gasteiger partial charge is 0.396 e. The van der Waals surface area contributed by atoms with Crippen molar-refractivity contribution in [3.05, 3.63) is 83.7 Å². The first-order valence-corrected chi connectivity index (χ1v) is 10.2. The first-order valence-electron chi connectivity index (χ1n) is 10.2. The number of hydrogen-bond acceptors (Lipinski definition) is 4. The van der Waals surface area contributed by atoms with Gasteiger partial charge in [0.25, 0.3) is 0 Å². The van der Waals surface area contributed by atoms with E-state index in [1.165, 1.54) is 18.2 Å². The van der Waals surface area contributed by atoms with Crippen LogP contribution in [0.3, 0.4) is 0 Å². The number of benzene rings is 2. The number of nitrogens with zero attached hydrogens (tertiary/aromatic N) is 4. The van der Waals surface area contributed by atoms with Crippen LogP contribution in [-0.4, -0.2) is 57.0 Å². The first-order chi connectivity index (χ1) is 14.6. The van der Waals surface area contributed by atoms with Crippen LogP contribution in [0.15, 0.2) is 60.9 Å². The molecule has 7 heteroatoms. The third kappa shape index (κ3) is 4.92. The molecular formula is C23H26F2N4O. The summed E-state index contributed by atoms with van der Waals surface area (Å²) in [4.78, 5) is 4.58. The van der Waals surface area contributed by atoms with Crippen molar-refractivity contribution in [3.8, 4) is 5.69 Å². The molecule has 4 rings (SSSR count). The third-order valence-electron chi connectivity index (χ3n) is 5.60. The molecule has 1 saturated heterocycles. The van der Waals surface area contributed by atoms with E-state index in [1.54, 1.807) is 23.0 Å². The number of piperazine rings is 1. The molecule has 1 aliphatic heterocycles. The highest BCUT2D eigenvalue weighted by Crippen LogP contribution is 2.20. The summed E-state index contributed by atoms with van der Waals surface area (Å²) in [7, 11) is 0. The molecule has 0 aliphatic carbocycles. The number of rotatable bonds is 7. The SMILES string of the molecule is OCC[C@H]1CN(Cc2cnn(-c3cccc(F)c3)c2)CCN1Cc1ccccc1F. The Labute approximate surface area is 175 Å². The monoisotopic (exact) mass is 412 g/mol. The van der Waals surface area contributed by atoms with Crippen molar-refractivity contribution < 1.29 is 13.9 Å². The van der Waals surface area contributed by atoms with Gasteiger partial charge in [-0.25, -0.2) is 13.5 Å². The fraction of sp³-hybridized carbons (Fsp3) is 0.348. The molecule has 1 aliphatic rings. The van der Waals surface area contributed by atoms with Gasteiger partial charge in [0, 0.05) is 62.7 Å². The molecule has 0 unspecified atom stereocenters. The lowest BCUT2D eigenvalue weighted by molar-refractivity contribution is 0.0493. The minimum Gasteiger partial charge on any atom is -0.396 e. The number of aromatic nitrogens is 2. The molecule has 0 bridgehead atoms. The zero-order chi connectivity index (χ0) is 20.9. The standard InChI is InChI=1S/C23H26F2N4O/c24-20-5-3-6-21(12-20)29-15-18(13-26-29)14-27-9-10-28(22(17-27)8-11-30)16-19-4-1-2-7-23(19)25/h1-7,12-13,15,22,30H,8-11,14,16-17H2/t22-/m0/s1. The summed E-state index contributed by atoms with van der Waals surface area (Å²) in [6.45, 7) is 3.82. The average Bonchev–Trinajstić information content (AvgIpc) is 3.20. The van der Waals surface area contributed by atoms with E-state index in [2.05, 4.69) is 14.9 Å². The second-order valence-corrected chi connectivity index (χ2v) is 7.74. The van der Waals surface area contributed by atoms with Gasteiger partial charge in [-0.05, 0) is 30.7 Å². The fourth-order valence-electron chi connectivity index (χ4n) is 4.04. The van der Waals surface area contributed by atoms with E-state index < -0.39 is 0 Å². The first kappa shape index (κ1) is 20.7. The van der Waals surface area contributed by atoms with Gasteiger partial charge in [0.15, 0.2) is 0 Å². The van der Waals surface area contributed by atoms with Crippen LogP contribution in [0.5, 0.6) is 0 Å². The minimum absolute atomic E-state index is 0.101. The van der Waals surface area contributed by atoms with Crippen molar-refractivity contribution in [1.29, 1.82) is 0 Å². The van der Waals surface area contributed by atoms with E-state index in [-0.39, 0.29) is 24.3 Å². The van der Waals surface area contributed by atoms with E-state index in [1.807, 2.05) is 24.4 Å². The molecule has 1 fully saturated rings. The van der Waals surface area contributed by atoms with Gasteiger partial charge in [-0.2, -0.15) is 5.10 Å². The highest BCUT2D eigenvalue weighted by atomic mass is 19.1. The quantitative estimate of drug-likeness (QED) is 0.647. The lowest BCUT2D eigenvalue weighted by Gasteiger charge is -2.41. The minimum atomic E-state index is -0.289. The van der Waals surface area contributed by atoms with Crippen molar-refractivity contribution in [2.75, 3.05) is 26.2 Å². The molecule has 0 saturated carbocycles. The van der Waals surface area contributed by atoms with E-state index in [0.29, 0.717) is 24.2 Å². The number of aliphatic hydroxyl groups is 1. The highest BCUT2D eigenvalue weighted by Gasteiger charge is 2.27. The van der Waals surface area contributed by atoms with Gasteiger partial charge in [-0.3, -0.25) is 9.80 Å². The smallest absolute Gasteiger partial charge is 0.127 e. The molecule has 2 heterocycles. The Bertz CT molecular complexity index is 977. The maximum Gasteiger partial charge on any atom is 0.127 e. The van der Waals surface area contributed by atoms with Crippen LogP contribution in [0.2, 0.25) is 0 Å². The van der Waals surface area contributed by atoms with Crippen LogP contribution in [0, 0.1) is 11.6 Å². The highest BCUT2D eigenvalue weighted by molar-refractivity contribution is 5.31. The van der Waals surface area contributed by atoms with Crippen LogP contribution in [0.1, 0.15) is 17.5 Å². The second-order valence-electron chi connectivity index (χ2n) is 7.74. The van der Waals surface area contributed by atoms with E-state index in [0.717, 1.165) is 31.7 Å². The van der Waals surface area contributed by atoms with Crippen LogP contribution in [0.25, 0.3) is 5.69 Å². The van der Waals surface area contributed by atoms with Gasteiger partial charge >= 0.3 is 0 Å². The van der Waals surface area contributed by atoms with Crippen LogP contribution in [0.4, 0.5) is 8.78 Å². The summed E-state index contributed by atoms with van der Waals surface area (Å²) in [5, 5.41) is 13.9. The van der Waals surface area contributed by atoms with Crippen LogP contribution in [-0.2, 0) is 13.1 Å². The third-order valence-corrected chi connectivity index (χ3v) is 5.60. The van der Waals surface area contributed by atoms with E-state index >= 15 is 0 Å². The Morgan fingerprint density at radius 1 is 1.03 bits per heavy atom. The molecule has 5 nitrogen and oxygen atoms in total. The van der Waals surface area contributed by atoms with Crippen LogP contribution >= 0.6 is 0 Å². The average molecular weight is 412 g/mol. The normalized spacial score (nSPS) is 18.0. The summed E-state index contributed by atoms with van der Waals surface area (Å²) in [5.41, 5.74) is 2.42. The van der Waals surface area contributed by atoms with Crippen molar-refractivity contribution in [3.63, 3.8) is 0 Å². The molecule has 2 aromatic carbocycles. The van der Waals surface area contributed by atoms with Crippen molar-refractivity contribution in [2.24, 2.45) is 0 Å². The molecule has 30 heavy (non-hydrogen) atoms. The molecule has 3 aromatic rings. The fourth-order valence-corrected chi connectivity index (χ4v) is 4.04. The zero-order valence-corrected chi connectivity index (χ0v) is 16.8. The lowest BCUT2D eigenvalue weighted by atomic mass is 10.1. The molecule has 158 valence electrons. The summed E-state index contributed by atoms with van der Waals surface area (Å²) in [6.07, 6.45) is 4.37. The Hall–Kier alpha value is -2.61. The Morgan fingerprint density at radius 3 is 2.70 bits per heavy atom. The number of hydrogen-bond donors (Lipinski definition) is 1. The predicted molar refractivity (Wildman–Crippen MR) is 111 cm³/mol. The molecule has 1 N–H and O–H groups in total. The topological polar surface area (TPSA) is 44.5 Å². The summed E-state index contributed by atoms with van der Waals surface area (Å²) < 4.78 is 29.2. The van der Waals surface area contributed by atoms with Crippen LogP contribution < -0.4 is 0 Å². The van der Waals surface area contributed by atoms with Crippen molar-refractivity contribution >= 4 is 0 Å². The maximum absolute atomic E-state index is 14.1. The van der Waals surface area contributed by atoms with E-state index in [9.17, 15) is 13.9 Å². The van der Waals surface area contributed by atoms with Crippen molar-refractivity contribution in [2.45, 2.75) is 25.6 Å².